The van der Waals surface area contributed by atoms with E-state index < -0.39 is 11.6 Å². The lowest BCUT2D eigenvalue weighted by molar-refractivity contribution is 0.0709. The minimum Gasteiger partial charge on any atom is -0.393 e. The van der Waals surface area contributed by atoms with E-state index >= 15 is 0 Å². The van der Waals surface area contributed by atoms with Crippen molar-refractivity contribution in [3.8, 4) is 0 Å². The molecule has 5 heteroatoms. The fraction of sp³-hybridized carbons (Fsp3) is 0.625. The highest BCUT2D eigenvalue weighted by Gasteiger charge is 2.22. The van der Waals surface area contributed by atoms with Gasteiger partial charge in [-0.2, -0.15) is 0 Å². The number of aliphatic hydroxyl groups excluding tert-OH is 1. The van der Waals surface area contributed by atoms with Crippen molar-refractivity contribution in [1.82, 2.24) is 4.90 Å². The van der Waals surface area contributed by atoms with E-state index in [0.29, 0.717) is 17.9 Å². The molecule has 1 aromatic rings. The van der Waals surface area contributed by atoms with E-state index in [1.807, 2.05) is 6.92 Å². The zero-order chi connectivity index (χ0) is 15.4. The maximum Gasteiger partial charge on any atom is 0.126 e. The molecule has 21 heavy (non-hydrogen) atoms. The lowest BCUT2D eigenvalue weighted by atomic mass is 9.92. The average Bonchev–Trinajstić information content (AvgIpc) is 2.44. The van der Waals surface area contributed by atoms with Gasteiger partial charge in [0.25, 0.3) is 0 Å². The molecule has 0 saturated carbocycles. The smallest absolute Gasteiger partial charge is 0.126 e. The molecular formula is C16H24F2N2O. The molecule has 0 bridgehead atoms. The summed E-state index contributed by atoms with van der Waals surface area (Å²) in [7, 11) is 0. The molecule has 1 aliphatic heterocycles. The van der Waals surface area contributed by atoms with Gasteiger partial charge in [0.05, 0.1) is 6.10 Å². The molecule has 1 aliphatic rings. The molecular weight excluding hydrogens is 274 g/mol. The second-order valence-electron chi connectivity index (χ2n) is 6.02. The third kappa shape index (κ3) is 4.73. The molecule has 0 aliphatic carbocycles. The predicted octanol–water partition coefficient (Wildman–Crippen LogP) is 2.45. The third-order valence-corrected chi connectivity index (χ3v) is 4.38. The summed E-state index contributed by atoms with van der Waals surface area (Å²) in [5.74, 6) is -0.788. The molecule has 118 valence electrons. The monoisotopic (exact) mass is 298 g/mol. The minimum absolute atomic E-state index is 0.246. The van der Waals surface area contributed by atoms with Crippen LogP contribution in [0.4, 0.5) is 8.78 Å². The van der Waals surface area contributed by atoms with Crippen molar-refractivity contribution in [2.45, 2.75) is 38.3 Å². The molecule has 1 fully saturated rings. The summed E-state index contributed by atoms with van der Waals surface area (Å²) in [6.07, 6.45) is 2.40. The zero-order valence-electron chi connectivity index (χ0n) is 12.4. The lowest BCUT2D eigenvalue weighted by Crippen LogP contribution is -2.38. The van der Waals surface area contributed by atoms with Crippen LogP contribution in [-0.4, -0.2) is 35.7 Å². The summed E-state index contributed by atoms with van der Waals surface area (Å²) in [5.41, 5.74) is 6.53. The molecule has 0 spiro atoms. The number of benzene rings is 1. The summed E-state index contributed by atoms with van der Waals surface area (Å²) in [5, 5.41) is 9.57. The van der Waals surface area contributed by atoms with Crippen LogP contribution < -0.4 is 5.73 Å². The van der Waals surface area contributed by atoms with E-state index in [4.69, 9.17) is 5.73 Å². The van der Waals surface area contributed by atoms with Crippen molar-refractivity contribution in [3.63, 3.8) is 0 Å². The number of rotatable bonds is 5. The summed E-state index contributed by atoms with van der Waals surface area (Å²) in [6, 6.07) is 3.10. The van der Waals surface area contributed by atoms with Crippen molar-refractivity contribution in [3.05, 3.63) is 35.4 Å². The van der Waals surface area contributed by atoms with Crippen molar-refractivity contribution in [2.24, 2.45) is 11.7 Å². The summed E-state index contributed by atoms with van der Waals surface area (Å²) in [6.45, 7) is 4.54. The van der Waals surface area contributed by atoms with Crippen molar-refractivity contribution >= 4 is 0 Å². The highest BCUT2D eigenvalue weighted by Crippen LogP contribution is 2.22. The Labute approximate surface area is 124 Å². The highest BCUT2D eigenvalue weighted by molar-refractivity contribution is 5.21. The molecule has 1 heterocycles. The van der Waals surface area contributed by atoms with Crippen molar-refractivity contribution in [1.29, 1.82) is 0 Å². The molecule has 2 atom stereocenters. The van der Waals surface area contributed by atoms with Gasteiger partial charge in [-0.05, 0) is 69.4 Å². The van der Waals surface area contributed by atoms with Gasteiger partial charge in [0.1, 0.15) is 11.6 Å². The number of hydrogen-bond donors (Lipinski definition) is 2. The van der Waals surface area contributed by atoms with Gasteiger partial charge in [0, 0.05) is 12.1 Å². The quantitative estimate of drug-likeness (QED) is 0.878. The van der Waals surface area contributed by atoms with Crippen LogP contribution in [0.3, 0.4) is 0 Å². The fourth-order valence-electron chi connectivity index (χ4n) is 2.94. The summed E-state index contributed by atoms with van der Waals surface area (Å²) < 4.78 is 26.3. The number of aliphatic hydroxyl groups is 1. The van der Waals surface area contributed by atoms with E-state index in [1.165, 1.54) is 12.1 Å². The molecule has 1 aromatic carbocycles. The fourth-order valence-corrected chi connectivity index (χ4v) is 2.94. The van der Waals surface area contributed by atoms with E-state index in [2.05, 4.69) is 4.90 Å². The Balaban J connectivity index is 1.80. The van der Waals surface area contributed by atoms with Crippen LogP contribution in [0.5, 0.6) is 0 Å². The molecule has 0 aromatic heterocycles. The normalized spacial score (nSPS) is 20.4. The number of nitrogens with zero attached hydrogens (tertiary/aromatic N) is 1. The lowest BCUT2D eigenvalue weighted by Gasteiger charge is -2.33. The maximum absolute atomic E-state index is 13.2. The third-order valence-electron chi connectivity index (χ3n) is 4.38. The number of likely N-dealkylation sites (tertiary alicyclic amines) is 1. The van der Waals surface area contributed by atoms with Crippen LogP contribution in [0.1, 0.15) is 37.8 Å². The van der Waals surface area contributed by atoms with E-state index in [-0.39, 0.29) is 12.1 Å². The zero-order valence-corrected chi connectivity index (χ0v) is 12.4. The van der Waals surface area contributed by atoms with Crippen LogP contribution in [0.15, 0.2) is 18.2 Å². The van der Waals surface area contributed by atoms with Crippen molar-refractivity contribution < 1.29 is 13.9 Å². The van der Waals surface area contributed by atoms with Gasteiger partial charge in [-0.15, -0.1) is 0 Å². The first-order valence-electron chi connectivity index (χ1n) is 7.57. The Bertz CT molecular complexity index is 439. The van der Waals surface area contributed by atoms with E-state index in [0.717, 1.165) is 38.5 Å². The van der Waals surface area contributed by atoms with Crippen LogP contribution in [0, 0.1) is 17.6 Å². The van der Waals surface area contributed by atoms with Crippen molar-refractivity contribution in [2.75, 3.05) is 19.6 Å². The standard InChI is InChI=1S/C16H24F2N2O/c1-11(21)12-2-5-20(6-3-12)7-4-16(19)13-8-14(17)10-15(18)9-13/h8-12,16,21H,2-7,19H2,1H3. The Hall–Kier alpha value is -1.04. The molecule has 3 N–H and O–H groups in total. The SMILES string of the molecule is CC(O)C1CCN(CCC(N)c2cc(F)cc(F)c2)CC1. The average molecular weight is 298 g/mol. The van der Waals surface area contributed by atoms with E-state index in [1.54, 1.807) is 0 Å². The first-order chi connectivity index (χ1) is 9.95. The number of halogens is 2. The van der Waals surface area contributed by atoms with Gasteiger partial charge < -0.3 is 15.7 Å². The van der Waals surface area contributed by atoms with Gasteiger partial charge in [0.2, 0.25) is 0 Å². The Morgan fingerprint density at radius 2 is 1.81 bits per heavy atom. The number of piperidine rings is 1. The molecule has 0 amide bonds. The molecule has 2 rings (SSSR count). The molecule has 2 unspecified atom stereocenters. The number of nitrogens with two attached hydrogens (primary N) is 1. The summed E-state index contributed by atoms with van der Waals surface area (Å²) >= 11 is 0. The first kappa shape index (κ1) is 16.3. The van der Waals surface area contributed by atoms with Crippen LogP contribution in [-0.2, 0) is 0 Å². The second kappa shape index (κ2) is 7.29. The Morgan fingerprint density at radius 1 is 1.24 bits per heavy atom. The van der Waals surface area contributed by atoms with Crippen LogP contribution in [0.2, 0.25) is 0 Å². The van der Waals surface area contributed by atoms with Crippen LogP contribution in [0.25, 0.3) is 0 Å². The predicted molar refractivity (Wildman–Crippen MR) is 78.7 cm³/mol. The van der Waals surface area contributed by atoms with E-state index in [9.17, 15) is 13.9 Å². The second-order valence-corrected chi connectivity index (χ2v) is 6.02. The van der Waals surface area contributed by atoms with Crippen LogP contribution >= 0.6 is 0 Å². The van der Waals surface area contributed by atoms with Gasteiger partial charge >= 0.3 is 0 Å². The Morgan fingerprint density at radius 3 is 2.33 bits per heavy atom. The number of hydrogen-bond acceptors (Lipinski definition) is 3. The Kier molecular flexibility index (Phi) is 5.67. The maximum atomic E-state index is 13.2. The first-order valence-corrected chi connectivity index (χ1v) is 7.57. The van der Waals surface area contributed by atoms with Gasteiger partial charge in [-0.3, -0.25) is 0 Å². The topological polar surface area (TPSA) is 49.5 Å². The largest absolute Gasteiger partial charge is 0.393 e. The van der Waals surface area contributed by atoms with Gasteiger partial charge in [-0.25, -0.2) is 8.78 Å². The highest BCUT2D eigenvalue weighted by atomic mass is 19.1. The molecule has 1 saturated heterocycles. The van der Waals surface area contributed by atoms with Gasteiger partial charge in [0.15, 0.2) is 0 Å². The summed E-state index contributed by atoms with van der Waals surface area (Å²) in [4.78, 5) is 2.30. The van der Waals surface area contributed by atoms with Gasteiger partial charge in [-0.1, -0.05) is 0 Å². The molecule has 0 radical (unpaired) electrons. The minimum atomic E-state index is -0.585. The molecule has 3 nitrogen and oxygen atoms in total.